The summed E-state index contributed by atoms with van der Waals surface area (Å²) >= 11 is 0. The summed E-state index contributed by atoms with van der Waals surface area (Å²) in [4.78, 5) is 44.8. The molecule has 3 N–H and O–H groups in total. The molecule has 2 heterocycles. The fourth-order valence-corrected chi connectivity index (χ4v) is 3.22. The van der Waals surface area contributed by atoms with Crippen molar-refractivity contribution in [2.75, 3.05) is 12.0 Å². The lowest BCUT2D eigenvalue weighted by Crippen LogP contribution is -2.34. The van der Waals surface area contributed by atoms with E-state index in [9.17, 15) is 14.4 Å². The number of ether oxygens (including phenoxy) is 1. The third-order valence-electron chi connectivity index (χ3n) is 4.61. The number of aromatic nitrogens is 3. The van der Waals surface area contributed by atoms with Gasteiger partial charge in [0, 0.05) is 12.2 Å². The van der Waals surface area contributed by atoms with E-state index in [-0.39, 0.29) is 23.8 Å². The molecule has 152 valence electrons. The molecule has 3 aromatic rings. The van der Waals surface area contributed by atoms with Gasteiger partial charge in [-0.05, 0) is 45.4 Å². The highest BCUT2D eigenvalue weighted by atomic mass is 16.5. The maximum Gasteiger partial charge on any atom is 0.340 e. The van der Waals surface area contributed by atoms with Crippen LogP contribution in [-0.4, -0.2) is 33.0 Å². The first-order valence-corrected chi connectivity index (χ1v) is 9.31. The molecule has 1 amide bonds. The number of carbonyl (C=O) groups is 2. The largest absolute Gasteiger partial charge is 0.462 e. The average Bonchev–Trinajstić information content (AvgIpc) is 3.00. The van der Waals surface area contributed by atoms with Crippen LogP contribution < -0.4 is 16.4 Å². The van der Waals surface area contributed by atoms with Crippen molar-refractivity contribution < 1.29 is 14.3 Å². The normalized spacial score (nSPS) is 10.8. The van der Waals surface area contributed by atoms with Gasteiger partial charge in [0.1, 0.15) is 5.69 Å². The van der Waals surface area contributed by atoms with E-state index in [1.165, 1.54) is 4.57 Å². The number of aromatic amines is 1. The Morgan fingerprint density at radius 1 is 1.21 bits per heavy atom. The SMILES string of the molecule is CCOC(=O)c1c(C)[nH]c(C(=O)NNc2nc3ccccc3c(=O)n2CC)c1C. The quantitative estimate of drug-likeness (QED) is 0.434. The monoisotopic (exact) mass is 397 g/mol. The predicted octanol–water partition coefficient (Wildman–Crippen LogP) is 2.29. The molecule has 0 aliphatic carbocycles. The molecule has 3 rings (SSSR count). The zero-order valence-corrected chi connectivity index (χ0v) is 16.8. The average molecular weight is 397 g/mol. The molecule has 9 nitrogen and oxygen atoms in total. The minimum absolute atomic E-state index is 0.202. The van der Waals surface area contributed by atoms with Gasteiger partial charge in [0.25, 0.3) is 11.5 Å². The van der Waals surface area contributed by atoms with Crippen molar-refractivity contribution in [3.63, 3.8) is 0 Å². The first kappa shape index (κ1) is 20.1. The minimum Gasteiger partial charge on any atom is -0.462 e. The van der Waals surface area contributed by atoms with Crippen molar-refractivity contribution in [2.24, 2.45) is 0 Å². The third-order valence-corrected chi connectivity index (χ3v) is 4.61. The number of H-pyrrole nitrogens is 1. The molecule has 0 aliphatic rings. The highest BCUT2D eigenvalue weighted by Gasteiger charge is 2.23. The van der Waals surface area contributed by atoms with Crippen molar-refractivity contribution in [2.45, 2.75) is 34.2 Å². The number of hydrogen-bond acceptors (Lipinski definition) is 6. The second-order valence-corrected chi connectivity index (χ2v) is 6.43. The number of aryl methyl sites for hydroxylation is 1. The Bertz CT molecular complexity index is 1150. The maximum absolute atomic E-state index is 12.7. The van der Waals surface area contributed by atoms with Gasteiger partial charge in [0.15, 0.2) is 0 Å². The van der Waals surface area contributed by atoms with Gasteiger partial charge in [-0.15, -0.1) is 0 Å². The molecule has 0 spiro atoms. The van der Waals surface area contributed by atoms with Gasteiger partial charge in [-0.2, -0.15) is 0 Å². The smallest absolute Gasteiger partial charge is 0.340 e. The van der Waals surface area contributed by atoms with E-state index < -0.39 is 11.9 Å². The Morgan fingerprint density at radius 3 is 2.62 bits per heavy atom. The standard InChI is InChI=1S/C20H23N5O4/c1-5-25-18(27)13-9-7-8-10-14(13)22-20(25)24-23-17(26)16-11(3)15(12(4)21-16)19(28)29-6-2/h7-10,21H,5-6H2,1-4H3,(H,22,24)(H,23,26). The number of para-hydroxylation sites is 1. The van der Waals surface area contributed by atoms with Gasteiger partial charge in [0.05, 0.1) is 23.1 Å². The number of hydrazine groups is 1. The van der Waals surface area contributed by atoms with E-state index in [4.69, 9.17) is 4.74 Å². The van der Waals surface area contributed by atoms with Crippen LogP contribution in [0.5, 0.6) is 0 Å². The fraction of sp³-hybridized carbons (Fsp3) is 0.300. The van der Waals surface area contributed by atoms with Crippen LogP contribution in [0.2, 0.25) is 0 Å². The van der Waals surface area contributed by atoms with Crippen molar-refractivity contribution >= 4 is 28.7 Å². The molecule has 0 atom stereocenters. The van der Waals surface area contributed by atoms with E-state index in [1.807, 2.05) is 6.92 Å². The lowest BCUT2D eigenvalue weighted by atomic mass is 10.1. The Kier molecular flexibility index (Phi) is 5.67. The highest BCUT2D eigenvalue weighted by Crippen LogP contribution is 2.19. The van der Waals surface area contributed by atoms with E-state index >= 15 is 0 Å². The molecule has 0 radical (unpaired) electrons. The number of anilines is 1. The van der Waals surface area contributed by atoms with Crippen LogP contribution in [0.1, 0.15) is 46.0 Å². The van der Waals surface area contributed by atoms with Gasteiger partial charge in [0.2, 0.25) is 5.95 Å². The van der Waals surface area contributed by atoms with E-state index in [2.05, 4.69) is 20.8 Å². The molecule has 0 saturated heterocycles. The maximum atomic E-state index is 12.7. The van der Waals surface area contributed by atoms with Gasteiger partial charge >= 0.3 is 5.97 Å². The second-order valence-electron chi connectivity index (χ2n) is 6.43. The molecule has 0 aliphatic heterocycles. The summed E-state index contributed by atoms with van der Waals surface area (Å²) in [5.41, 5.74) is 7.18. The van der Waals surface area contributed by atoms with Crippen LogP contribution in [0.4, 0.5) is 5.95 Å². The zero-order chi connectivity index (χ0) is 21.1. The van der Waals surface area contributed by atoms with Crippen LogP contribution in [0, 0.1) is 13.8 Å². The summed E-state index contributed by atoms with van der Waals surface area (Å²) in [5, 5.41) is 0.501. The molecule has 2 aromatic heterocycles. The summed E-state index contributed by atoms with van der Waals surface area (Å²) in [6, 6.07) is 7.00. The summed E-state index contributed by atoms with van der Waals surface area (Å²) in [7, 11) is 0. The van der Waals surface area contributed by atoms with Crippen LogP contribution in [-0.2, 0) is 11.3 Å². The molecule has 29 heavy (non-hydrogen) atoms. The third kappa shape index (κ3) is 3.71. The Balaban J connectivity index is 1.88. The van der Waals surface area contributed by atoms with Crippen LogP contribution in [0.15, 0.2) is 29.1 Å². The van der Waals surface area contributed by atoms with Crippen LogP contribution >= 0.6 is 0 Å². The number of fused-ring (bicyclic) bond motifs is 1. The van der Waals surface area contributed by atoms with Gasteiger partial charge < -0.3 is 9.72 Å². The Morgan fingerprint density at radius 2 is 1.93 bits per heavy atom. The van der Waals surface area contributed by atoms with Gasteiger partial charge in [-0.3, -0.25) is 25.0 Å². The zero-order valence-electron chi connectivity index (χ0n) is 16.8. The van der Waals surface area contributed by atoms with Gasteiger partial charge in [-0.25, -0.2) is 9.78 Å². The van der Waals surface area contributed by atoms with Crippen molar-refractivity contribution in [1.82, 2.24) is 20.0 Å². The lowest BCUT2D eigenvalue weighted by Gasteiger charge is -2.14. The molecule has 0 saturated carbocycles. The first-order chi connectivity index (χ1) is 13.9. The number of nitrogens with zero attached hydrogens (tertiary/aromatic N) is 2. The topological polar surface area (TPSA) is 118 Å². The number of esters is 1. The molecular weight excluding hydrogens is 374 g/mol. The molecule has 0 unspecified atom stereocenters. The summed E-state index contributed by atoms with van der Waals surface area (Å²) in [6.45, 7) is 7.52. The minimum atomic E-state index is -0.494. The molecular formula is C20H23N5O4. The fourth-order valence-electron chi connectivity index (χ4n) is 3.22. The van der Waals surface area contributed by atoms with E-state index in [0.717, 1.165) is 0 Å². The Hall–Kier alpha value is -3.62. The molecule has 0 fully saturated rings. The number of benzene rings is 1. The van der Waals surface area contributed by atoms with E-state index in [1.54, 1.807) is 45.0 Å². The van der Waals surface area contributed by atoms with Crippen molar-refractivity contribution in [3.05, 3.63) is 57.1 Å². The number of rotatable bonds is 6. The molecule has 9 heteroatoms. The lowest BCUT2D eigenvalue weighted by molar-refractivity contribution is 0.0525. The Labute approximate surface area is 167 Å². The number of carbonyl (C=O) groups excluding carboxylic acids is 2. The molecule has 0 bridgehead atoms. The predicted molar refractivity (Wildman–Crippen MR) is 109 cm³/mol. The van der Waals surface area contributed by atoms with Crippen molar-refractivity contribution in [3.8, 4) is 0 Å². The highest BCUT2D eigenvalue weighted by molar-refractivity contribution is 6.00. The van der Waals surface area contributed by atoms with Crippen molar-refractivity contribution in [1.29, 1.82) is 0 Å². The number of amides is 1. The van der Waals surface area contributed by atoms with E-state index in [0.29, 0.717) is 34.3 Å². The van der Waals surface area contributed by atoms with Crippen LogP contribution in [0.25, 0.3) is 10.9 Å². The number of nitrogens with one attached hydrogen (secondary N) is 3. The van der Waals surface area contributed by atoms with Crippen LogP contribution in [0.3, 0.4) is 0 Å². The summed E-state index contributed by atoms with van der Waals surface area (Å²) in [5.74, 6) is -0.760. The molecule has 1 aromatic carbocycles. The summed E-state index contributed by atoms with van der Waals surface area (Å²) in [6.07, 6.45) is 0. The number of hydrogen-bond donors (Lipinski definition) is 3. The van der Waals surface area contributed by atoms with Gasteiger partial charge in [-0.1, -0.05) is 12.1 Å². The second kappa shape index (κ2) is 8.17. The summed E-state index contributed by atoms with van der Waals surface area (Å²) < 4.78 is 6.47. The first-order valence-electron chi connectivity index (χ1n) is 9.31.